The summed E-state index contributed by atoms with van der Waals surface area (Å²) in [6, 6.07) is 13.3. The highest BCUT2D eigenvalue weighted by molar-refractivity contribution is 5.94. The van der Waals surface area contributed by atoms with Crippen molar-refractivity contribution < 1.29 is 13.2 Å². The third-order valence-electron chi connectivity index (χ3n) is 5.09. The van der Waals surface area contributed by atoms with Crippen LogP contribution in [0.4, 0.5) is 24.7 Å². The molecule has 0 bridgehead atoms. The van der Waals surface area contributed by atoms with Gasteiger partial charge in [-0.3, -0.25) is 4.79 Å². The summed E-state index contributed by atoms with van der Waals surface area (Å²) >= 11 is 0. The lowest BCUT2D eigenvalue weighted by Crippen LogP contribution is -2.10. The predicted molar refractivity (Wildman–Crippen MR) is 114 cm³/mol. The van der Waals surface area contributed by atoms with Gasteiger partial charge in [0.1, 0.15) is 0 Å². The van der Waals surface area contributed by atoms with Gasteiger partial charge in [0.15, 0.2) is 5.82 Å². The van der Waals surface area contributed by atoms with Gasteiger partial charge in [0.25, 0.3) is 5.56 Å². The van der Waals surface area contributed by atoms with Crippen LogP contribution in [0.1, 0.15) is 27.9 Å². The van der Waals surface area contributed by atoms with E-state index in [4.69, 9.17) is 0 Å². The highest BCUT2D eigenvalue weighted by Gasteiger charge is 2.32. The van der Waals surface area contributed by atoms with E-state index >= 15 is 0 Å². The number of aromatic amines is 1. The molecule has 0 radical (unpaired) electrons. The molecule has 2 aromatic heterocycles. The minimum Gasteiger partial charge on any atom is -0.338 e. The van der Waals surface area contributed by atoms with Crippen molar-refractivity contribution in [2.24, 2.45) is 0 Å². The highest BCUT2D eigenvalue weighted by atomic mass is 19.4. The lowest BCUT2D eigenvalue weighted by Gasteiger charge is -2.14. The van der Waals surface area contributed by atoms with Crippen LogP contribution >= 0.6 is 0 Å². The first kappa shape index (κ1) is 20.6. The van der Waals surface area contributed by atoms with Gasteiger partial charge in [0.2, 0.25) is 0 Å². The molecule has 4 rings (SSSR count). The summed E-state index contributed by atoms with van der Waals surface area (Å²) in [5, 5.41) is 13.1. The second-order valence-electron chi connectivity index (χ2n) is 7.39. The number of pyridine rings is 1. The average Bonchev–Trinajstić information content (AvgIpc) is 2.73. The third kappa shape index (κ3) is 4.28. The fraction of sp³-hybridized carbons (Fsp3) is 0.174. The van der Waals surface area contributed by atoms with E-state index in [0.717, 1.165) is 22.4 Å². The number of hydrogen-bond acceptors (Lipinski definition) is 4. The summed E-state index contributed by atoms with van der Waals surface area (Å²) in [4.78, 5) is 14.3. The lowest BCUT2D eigenvalue weighted by molar-refractivity contribution is -0.138. The van der Waals surface area contributed by atoms with Crippen molar-refractivity contribution >= 4 is 22.3 Å². The SMILES string of the molecule is Cc1ccc(Nc2nnc(Cc3c[nH]c(=O)c(C)c3)c3ccccc23)cc1C(F)(F)F. The topological polar surface area (TPSA) is 70.7 Å². The van der Waals surface area contributed by atoms with E-state index in [9.17, 15) is 18.0 Å². The highest BCUT2D eigenvalue weighted by Crippen LogP contribution is 2.34. The second kappa shape index (κ2) is 7.86. The number of aromatic nitrogens is 3. The van der Waals surface area contributed by atoms with E-state index < -0.39 is 11.7 Å². The number of halogens is 3. The van der Waals surface area contributed by atoms with Crippen molar-refractivity contribution in [1.29, 1.82) is 0 Å². The van der Waals surface area contributed by atoms with E-state index in [-0.39, 0.29) is 16.8 Å². The van der Waals surface area contributed by atoms with Gasteiger partial charge in [-0.05, 0) is 43.2 Å². The van der Waals surface area contributed by atoms with E-state index in [2.05, 4.69) is 20.5 Å². The maximum absolute atomic E-state index is 13.3. The fourth-order valence-electron chi connectivity index (χ4n) is 3.48. The number of anilines is 2. The minimum atomic E-state index is -4.44. The Morgan fingerprint density at radius 1 is 0.968 bits per heavy atom. The Hall–Kier alpha value is -3.68. The summed E-state index contributed by atoms with van der Waals surface area (Å²) in [6.07, 6.45) is -2.34. The number of hydrogen-bond donors (Lipinski definition) is 2. The molecule has 0 aliphatic heterocycles. The van der Waals surface area contributed by atoms with Crippen LogP contribution in [0.5, 0.6) is 0 Å². The monoisotopic (exact) mass is 424 g/mol. The third-order valence-corrected chi connectivity index (χ3v) is 5.09. The maximum atomic E-state index is 13.3. The number of nitrogens with one attached hydrogen (secondary N) is 2. The molecule has 2 heterocycles. The molecule has 2 N–H and O–H groups in total. The Kier molecular flexibility index (Phi) is 5.22. The quantitative estimate of drug-likeness (QED) is 0.467. The van der Waals surface area contributed by atoms with Crippen molar-refractivity contribution in [1.82, 2.24) is 15.2 Å². The first-order valence-electron chi connectivity index (χ1n) is 9.60. The van der Waals surface area contributed by atoms with Gasteiger partial charge >= 0.3 is 6.18 Å². The van der Waals surface area contributed by atoms with E-state index in [1.165, 1.54) is 13.0 Å². The molecule has 0 spiro atoms. The largest absolute Gasteiger partial charge is 0.416 e. The van der Waals surface area contributed by atoms with Crippen LogP contribution in [0.25, 0.3) is 10.8 Å². The van der Waals surface area contributed by atoms with Gasteiger partial charge in [-0.15, -0.1) is 5.10 Å². The van der Waals surface area contributed by atoms with Crippen LogP contribution in [0, 0.1) is 13.8 Å². The summed E-state index contributed by atoms with van der Waals surface area (Å²) in [5.74, 6) is 0.369. The number of rotatable bonds is 4. The van der Waals surface area contributed by atoms with E-state index in [1.807, 2.05) is 24.3 Å². The molecule has 0 saturated carbocycles. The Labute approximate surface area is 176 Å². The molecule has 8 heteroatoms. The molecular formula is C23H19F3N4O. The number of nitrogens with zero attached hydrogens (tertiary/aromatic N) is 2. The number of H-pyrrole nitrogens is 1. The minimum absolute atomic E-state index is 0.143. The summed E-state index contributed by atoms with van der Waals surface area (Å²) in [6.45, 7) is 3.16. The van der Waals surface area contributed by atoms with E-state index in [0.29, 0.717) is 23.5 Å². The lowest BCUT2D eigenvalue weighted by atomic mass is 10.0. The molecule has 0 saturated heterocycles. The zero-order valence-electron chi connectivity index (χ0n) is 16.8. The first-order chi connectivity index (χ1) is 14.7. The Morgan fingerprint density at radius 3 is 2.42 bits per heavy atom. The Bertz CT molecular complexity index is 1330. The molecule has 0 aliphatic carbocycles. The van der Waals surface area contributed by atoms with Crippen molar-refractivity contribution in [3.05, 3.63) is 93.0 Å². The summed E-state index contributed by atoms with van der Waals surface area (Å²) in [5.41, 5.74) is 1.78. The van der Waals surface area contributed by atoms with Gasteiger partial charge in [-0.2, -0.15) is 18.3 Å². The molecule has 0 aliphatic rings. The molecule has 0 fully saturated rings. The van der Waals surface area contributed by atoms with Crippen LogP contribution in [0.3, 0.4) is 0 Å². The molecule has 31 heavy (non-hydrogen) atoms. The molecular weight excluding hydrogens is 405 g/mol. The van der Waals surface area contributed by atoms with Crippen LogP contribution in [-0.4, -0.2) is 15.2 Å². The molecule has 5 nitrogen and oxygen atoms in total. The molecule has 4 aromatic rings. The van der Waals surface area contributed by atoms with Crippen LogP contribution in [0.2, 0.25) is 0 Å². The van der Waals surface area contributed by atoms with Crippen LogP contribution in [-0.2, 0) is 12.6 Å². The smallest absolute Gasteiger partial charge is 0.338 e. The van der Waals surface area contributed by atoms with Gasteiger partial charge in [-0.1, -0.05) is 30.3 Å². The van der Waals surface area contributed by atoms with Gasteiger partial charge in [0.05, 0.1) is 11.3 Å². The number of benzene rings is 2. The van der Waals surface area contributed by atoms with Crippen LogP contribution in [0.15, 0.2) is 59.5 Å². The first-order valence-corrected chi connectivity index (χ1v) is 9.60. The second-order valence-corrected chi connectivity index (χ2v) is 7.39. The average molecular weight is 424 g/mol. The zero-order chi connectivity index (χ0) is 22.2. The summed E-state index contributed by atoms with van der Waals surface area (Å²) in [7, 11) is 0. The van der Waals surface area contributed by atoms with Gasteiger partial charge in [-0.25, -0.2) is 0 Å². The van der Waals surface area contributed by atoms with Crippen molar-refractivity contribution in [3.8, 4) is 0 Å². The number of fused-ring (bicyclic) bond motifs is 1. The molecule has 0 unspecified atom stereocenters. The van der Waals surface area contributed by atoms with Crippen molar-refractivity contribution in [2.45, 2.75) is 26.4 Å². The molecule has 158 valence electrons. The normalized spacial score (nSPS) is 11.6. The van der Waals surface area contributed by atoms with E-state index in [1.54, 1.807) is 25.3 Å². The predicted octanol–water partition coefficient (Wildman–Crippen LogP) is 5.29. The van der Waals surface area contributed by atoms with Gasteiger partial charge < -0.3 is 10.3 Å². The number of aryl methyl sites for hydroxylation is 2. The van der Waals surface area contributed by atoms with Gasteiger partial charge in [0, 0.05) is 34.6 Å². The van der Waals surface area contributed by atoms with Crippen molar-refractivity contribution in [3.63, 3.8) is 0 Å². The Balaban J connectivity index is 1.72. The van der Waals surface area contributed by atoms with Crippen LogP contribution < -0.4 is 10.9 Å². The Morgan fingerprint density at radius 2 is 1.71 bits per heavy atom. The van der Waals surface area contributed by atoms with Crippen molar-refractivity contribution in [2.75, 3.05) is 5.32 Å². The zero-order valence-corrected chi connectivity index (χ0v) is 16.8. The summed E-state index contributed by atoms with van der Waals surface area (Å²) < 4.78 is 39.8. The molecule has 2 aromatic carbocycles. The molecule has 0 amide bonds. The standard InChI is InChI=1S/C23H19F3N4O/c1-13-7-8-16(11-19(13)23(24,25)26)28-21-18-6-4-3-5-17(18)20(29-30-21)10-15-9-14(2)22(31)27-12-15/h3-9,11-12H,10H2,1-2H3,(H,27,31)(H,28,30). The number of alkyl halides is 3. The fourth-order valence-corrected chi connectivity index (χ4v) is 3.48. The maximum Gasteiger partial charge on any atom is 0.416 e. The molecule has 0 atom stereocenters.